The van der Waals surface area contributed by atoms with Crippen LogP contribution in [0.5, 0.6) is 0 Å². The minimum Gasteiger partial charge on any atom is -0.480 e. The number of hydrogen-bond donors (Lipinski definition) is 2. The van der Waals surface area contributed by atoms with Crippen molar-refractivity contribution in [3.8, 4) is 0 Å². The van der Waals surface area contributed by atoms with Crippen molar-refractivity contribution in [2.45, 2.75) is 13.3 Å². The molecular formula is C13H15NO3. The molecule has 0 aliphatic heterocycles. The Morgan fingerprint density at radius 1 is 1.29 bits per heavy atom. The molecule has 1 aromatic rings. The van der Waals surface area contributed by atoms with Crippen LogP contribution < -0.4 is 5.32 Å². The topological polar surface area (TPSA) is 66.4 Å². The monoisotopic (exact) mass is 233 g/mol. The van der Waals surface area contributed by atoms with E-state index in [9.17, 15) is 9.59 Å². The van der Waals surface area contributed by atoms with Gasteiger partial charge in [-0.05, 0) is 12.5 Å². The molecule has 1 aromatic carbocycles. The fraction of sp³-hybridized carbons (Fsp3) is 0.231. The fourth-order valence-corrected chi connectivity index (χ4v) is 1.23. The Balaban J connectivity index is 2.37. The summed E-state index contributed by atoms with van der Waals surface area (Å²) in [6.07, 6.45) is 3.72. The number of carboxylic acid groups (broad SMARTS) is 1. The number of carbonyl (C=O) groups excluding carboxylic acids is 1. The molecule has 4 heteroatoms. The lowest BCUT2D eigenvalue weighted by molar-refractivity contribution is -0.137. The lowest BCUT2D eigenvalue weighted by Gasteiger charge is -1.98. The number of aryl methyl sites for hydroxylation is 1. The van der Waals surface area contributed by atoms with Crippen molar-refractivity contribution >= 4 is 18.0 Å². The predicted octanol–water partition coefficient (Wildman–Crippen LogP) is 1.60. The van der Waals surface area contributed by atoms with Gasteiger partial charge in [-0.3, -0.25) is 9.59 Å². The summed E-state index contributed by atoms with van der Waals surface area (Å²) in [6.45, 7) is 1.67. The lowest BCUT2D eigenvalue weighted by atomic mass is 10.1. The van der Waals surface area contributed by atoms with Gasteiger partial charge in [0, 0.05) is 6.42 Å². The second-order valence-electron chi connectivity index (χ2n) is 3.69. The van der Waals surface area contributed by atoms with Gasteiger partial charge >= 0.3 is 5.97 Å². The highest BCUT2D eigenvalue weighted by Crippen LogP contribution is 2.05. The van der Waals surface area contributed by atoms with Gasteiger partial charge in [-0.1, -0.05) is 42.0 Å². The van der Waals surface area contributed by atoms with E-state index in [0.29, 0.717) is 0 Å². The maximum absolute atomic E-state index is 11.2. The molecule has 0 atom stereocenters. The third kappa shape index (κ3) is 5.51. The maximum Gasteiger partial charge on any atom is 0.322 e. The lowest BCUT2D eigenvalue weighted by Crippen LogP contribution is -2.28. The Hall–Kier alpha value is -2.10. The summed E-state index contributed by atoms with van der Waals surface area (Å²) in [5, 5.41) is 10.6. The molecule has 0 bridgehead atoms. The van der Waals surface area contributed by atoms with Crippen molar-refractivity contribution in [2.24, 2.45) is 0 Å². The molecule has 0 unspecified atom stereocenters. The van der Waals surface area contributed by atoms with Gasteiger partial charge in [-0.15, -0.1) is 0 Å². The van der Waals surface area contributed by atoms with Crippen LogP contribution >= 0.6 is 0 Å². The SMILES string of the molecule is Cc1ccc(C=CCC(=O)NCC(=O)O)cc1. The highest BCUT2D eigenvalue weighted by Gasteiger charge is 2.00. The highest BCUT2D eigenvalue weighted by atomic mass is 16.4. The largest absolute Gasteiger partial charge is 0.480 e. The van der Waals surface area contributed by atoms with Crippen LogP contribution in [-0.2, 0) is 9.59 Å². The average molecular weight is 233 g/mol. The first-order chi connectivity index (χ1) is 8.08. The molecule has 90 valence electrons. The molecular weight excluding hydrogens is 218 g/mol. The van der Waals surface area contributed by atoms with Crippen LogP contribution in [0.1, 0.15) is 17.5 Å². The smallest absolute Gasteiger partial charge is 0.322 e. The number of carboxylic acids is 1. The third-order valence-corrected chi connectivity index (χ3v) is 2.13. The minimum atomic E-state index is -1.04. The summed E-state index contributed by atoms with van der Waals surface area (Å²) < 4.78 is 0. The van der Waals surface area contributed by atoms with Crippen molar-refractivity contribution in [3.05, 3.63) is 41.5 Å². The number of aliphatic carboxylic acids is 1. The zero-order valence-corrected chi connectivity index (χ0v) is 9.64. The molecule has 0 heterocycles. The van der Waals surface area contributed by atoms with Crippen LogP contribution in [0.15, 0.2) is 30.3 Å². The van der Waals surface area contributed by atoms with Crippen molar-refractivity contribution < 1.29 is 14.7 Å². The fourth-order valence-electron chi connectivity index (χ4n) is 1.23. The molecule has 1 amide bonds. The zero-order valence-electron chi connectivity index (χ0n) is 9.64. The molecule has 4 nitrogen and oxygen atoms in total. The number of hydrogen-bond acceptors (Lipinski definition) is 2. The van der Waals surface area contributed by atoms with Gasteiger partial charge in [0.05, 0.1) is 0 Å². The normalized spacial score (nSPS) is 10.4. The van der Waals surface area contributed by atoms with Gasteiger partial charge in [-0.2, -0.15) is 0 Å². The second kappa shape index (κ2) is 6.48. The molecule has 17 heavy (non-hydrogen) atoms. The van der Waals surface area contributed by atoms with Gasteiger partial charge in [0.1, 0.15) is 6.54 Å². The van der Waals surface area contributed by atoms with E-state index in [2.05, 4.69) is 5.32 Å². The van der Waals surface area contributed by atoms with Crippen LogP contribution in [0.3, 0.4) is 0 Å². The maximum atomic E-state index is 11.2. The van der Waals surface area contributed by atoms with Crippen molar-refractivity contribution in [3.63, 3.8) is 0 Å². The third-order valence-electron chi connectivity index (χ3n) is 2.13. The van der Waals surface area contributed by atoms with Crippen LogP contribution in [0.2, 0.25) is 0 Å². The predicted molar refractivity (Wildman–Crippen MR) is 65.5 cm³/mol. The molecule has 0 aromatic heterocycles. The molecule has 1 rings (SSSR count). The number of rotatable bonds is 5. The molecule has 2 N–H and O–H groups in total. The molecule has 0 aliphatic carbocycles. The first-order valence-corrected chi connectivity index (χ1v) is 5.29. The van der Waals surface area contributed by atoms with Crippen LogP contribution in [0.25, 0.3) is 6.08 Å². The second-order valence-corrected chi connectivity index (χ2v) is 3.69. The molecule has 0 saturated carbocycles. The van der Waals surface area contributed by atoms with E-state index in [-0.39, 0.29) is 18.9 Å². The van der Waals surface area contributed by atoms with Crippen molar-refractivity contribution in [2.75, 3.05) is 6.54 Å². The van der Waals surface area contributed by atoms with E-state index in [0.717, 1.165) is 5.56 Å². The summed E-state index contributed by atoms with van der Waals surface area (Å²) in [5.74, 6) is -1.34. The average Bonchev–Trinajstić information content (AvgIpc) is 2.29. The standard InChI is InChI=1S/C13H15NO3/c1-10-5-7-11(8-6-10)3-2-4-12(15)14-9-13(16)17/h2-3,5-8H,4,9H2,1H3,(H,14,15)(H,16,17). The number of benzene rings is 1. The molecule has 0 saturated heterocycles. The van der Waals surface area contributed by atoms with E-state index in [1.165, 1.54) is 5.56 Å². The van der Waals surface area contributed by atoms with Gasteiger partial charge in [0.2, 0.25) is 5.91 Å². The first-order valence-electron chi connectivity index (χ1n) is 5.29. The van der Waals surface area contributed by atoms with Gasteiger partial charge in [0.15, 0.2) is 0 Å². The van der Waals surface area contributed by atoms with E-state index in [4.69, 9.17) is 5.11 Å². The Labute approximate surface area is 100.0 Å². The summed E-state index contributed by atoms with van der Waals surface area (Å²) >= 11 is 0. The number of amides is 1. The van der Waals surface area contributed by atoms with E-state index in [1.807, 2.05) is 37.3 Å². The molecule has 0 spiro atoms. The molecule has 0 fully saturated rings. The minimum absolute atomic E-state index is 0.182. The van der Waals surface area contributed by atoms with Gasteiger partial charge < -0.3 is 10.4 Å². The summed E-state index contributed by atoms with van der Waals surface area (Å²) in [6, 6.07) is 7.90. The van der Waals surface area contributed by atoms with Crippen LogP contribution in [0.4, 0.5) is 0 Å². The zero-order chi connectivity index (χ0) is 12.7. The van der Waals surface area contributed by atoms with Gasteiger partial charge in [-0.25, -0.2) is 0 Å². The van der Waals surface area contributed by atoms with Crippen molar-refractivity contribution in [1.29, 1.82) is 0 Å². The summed E-state index contributed by atoms with van der Waals surface area (Å²) in [5.41, 5.74) is 2.20. The number of nitrogens with one attached hydrogen (secondary N) is 1. The Morgan fingerprint density at radius 2 is 1.94 bits per heavy atom. The van der Waals surface area contributed by atoms with Crippen LogP contribution in [-0.4, -0.2) is 23.5 Å². The Morgan fingerprint density at radius 3 is 2.53 bits per heavy atom. The number of carbonyl (C=O) groups is 2. The Bertz CT molecular complexity index is 421. The van der Waals surface area contributed by atoms with E-state index >= 15 is 0 Å². The highest BCUT2D eigenvalue weighted by molar-refractivity contribution is 5.82. The molecule has 0 radical (unpaired) electrons. The van der Waals surface area contributed by atoms with E-state index < -0.39 is 5.97 Å². The molecule has 0 aliphatic rings. The van der Waals surface area contributed by atoms with Crippen molar-refractivity contribution in [1.82, 2.24) is 5.32 Å². The Kier molecular flexibility index (Phi) is 4.94. The first kappa shape index (κ1) is 13.0. The summed E-state index contributed by atoms with van der Waals surface area (Å²) in [7, 11) is 0. The van der Waals surface area contributed by atoms with Crippen LogP contribution in [0, 0.1) is 6.92 Å². The quantitative estimate of drug-likeness (QED) is 0.811. The van der Waals surface area contributed by atoms with E-state index in [1.54, 1.807) is 6.08 Å². The summed E-state index contributed by atoms with van der Waals surface area (Å²) in [4.78, 5) is 21.4. The van der Waals surface area contributed by atoms with Gasteiger partial charge in [0.25, 0.3) is 0 Å².